The van der Waals surface area contributed by atoms with E-state index < -0.39 is 18.3 Å². The summed E-state index contributed by atoms with van der Waals surface area (Å²) >= 11 is 0. The highest BCUT2D eigenvalue weighted by molar-refractivity contribution is 4.91. The summed E-state index contributed by atoms with van der Waals surface area (Å²) in [6.07, 6.45) is -3.38. The summed E-state index contributed by atoms with van der Waals surface area (Å²) < 4.78 is 35.8. The second kappa shape index (κ2) is 3.00. The summed E-state index contributed by atoms with van der Waals surface area (Å²) in [7, 11) is 0. The molecular formula is C7H5F3NO. The molecule has 1 aromatic heterocycles. The highest BCUT2D eigenvalue weighted by atomic mass is 19.4. The largest absolute Gasteiger partial charge is 0.406 e. The Morgan fingerprint density at radius 2 is 2.17 bits per heavy atom. The fraction of sp³-hybridized carbons (Fsp3) is 0.286. The first-order valence-corrected chi connectivity index (χ1v) is 3.12. The van der Waals surface area contributed by atoms with Gasteiger partial charge in [-0.15, -0.1) is 0 Å². The normalized spacial score (nSPS) is 11.6. The predicted octanol–water partition coefficient (Wildman–Crippen LogP) is 1.21. The fourth-order valence-electron chi connectivity index (χ4n) is 0.728. The number of pyridine rings is 1. The third kappa shape index (κ3) is 2.41. The highest BCUT2D eigenvalue weighted by Crippen LogP contribution is 2.15. The van der Waals surface area contributed by atoms with Crippen molar-refractivity contribution in [2.24, 2.45) is 0 Å². The molecule has 12 heavy (non-hydrogen) atoms. The third-order valence-corrected chi connectivity index (χ3v) is 1.19. The number of hydrogen-bond acceptors (Lipinski definition) is 1. The molecule has 1 aromatic rings. The predicted molar refractivity (Wildman–Crippen MR) is 35.6 cm³/mol. The number of rotatable bonds is 1. The second-order valence-electron chi connectivity index (χ2n) is 2.21. The molecule has 2 nitrogen and oxygen atoms in total. The fourth-order valence-corrected chi connectivity index (χ4v) is 0.728. The van der Waals surface area contributed by atoms with Crippen LogP contribution in [0.4, 0.5) is 13.2 Å². The van der Waals surface area contributed by atoms with Gasteiger partial charge >= 0.3 is 6.18 Å². The van der Waals surface area contributed by atoms with E-state index >= 15 is 0 Å². The van der Waals surface area contributed by atoms with Gasteiger partial charge < -0.3 is 4.57 Å². The van der Waals surface area contributed by atoms with Gasteiger partial charge in [-0.2, -0.15) is 13.2 Å². The van der Waals surface area contributed by atoms with Crippen molar-refractivity contribution in [2.45, 2.75) is 12.7 Å². The SMILES string of the molecule is O=c1cc[c]cn1CC(F)(F)F. The van der Waals surface area contributed by atoms with Crippen molar-refractivity contribution < 1.29 is 13.2 Å². The highest BCUT2D eigenvalue weighted by Gasteiger charge is 2.27. The number of halogens is 3. The van der Waals surface area contributed by atoms with Crippen molar-refractivity contribution in [1.29, 1.82) is 0 Å². The Bertz CT molecular complexity index is 315. The molecule has 0 bridgehead atoms. The molecule has 0 saturated heterocycles. The summed E-state index contributed by atoms with van der Waals surface area (Å²) in [5.74, 6) is 0. The number of nitrogens with zero attached hydrogens (tertiary/aromatic N) is 1. The van der Waals surface area contributed by atoms with Crippen LogP contribution in [0.25, 0.3) is 0 Å². The molecule has 5 heteroatoms. The standard InChI is InChI=1S/C7H5F3NO/c8-7(9,10)5-11-4-2-1-3-6(11)12/h1,3-4H,5H2. The monoisotopic (exact) mass is 176 g/mol. The van der Waals surface area contributed by atoms with Crippen LogP contribution in [0.2, 0.25) is 0 Å². The number of aromatic nitrogens is 1. The number of hydrogen-bond donors (Lipinski definition) is 0. The van der Waals surface area contributed by atoms with E-state index in [1.165, 1.54) is 6.07 Å². The number of alkyl halides is 3. The lowest BCUT2D eigenvalue weighted by atomic mass is 10.4. The maximum absolute atomic E-state index is 11.7. The van der Waals surface area contributed by atoms with Gasteiger partial charge in [0.2, 0.25) is 0 Å². The topological polar surface area (TPSA) is 22.0 Å². The molecule has 0 atom stereocenters. The smallest absolute Gasteiger partial charge is 0.306 e. The maximum Gasteiger partial charge on any atom is 0.406 e. The van der Waals surface area contributed by atoms with Crippen LogP contribution in [-0.4, -0.2) is 10.7 Å². The van der Waals surface area contributed by atoms with Gasteiger partial charge in [-0.3, -0.25) is 4.79 Å². The molecule has 1 radical (unpaired) electrons. The zero-order valence-electron chi connectivity index (χ0n) is 5.93. The van der Waals surface area contributed by atoms with Crippen molar-refractivity contribution in [1.82, 2.24) is 4.57 Å². The van der Waals surface area contributed by atoms with Crippen molar-refractivity contribution in [3.05, 3.63) is 34.7 Å². The quantitative estimate of drug-likeness (QED) is 0.630. The summed E-state index contributed by atoms with van der Waals surface area (Å²) in [6, 6.07) is 4.69. The van der Waals surface area contributed by atoms with Gasteiger partial charge in [0.05, 0.1) is 0 Å². The van der Waals surface area contributed by atoms with E-state index in [1.54, 1.807) is 0 Å². The van der Waals surface area contributed by atoms with Gasteiger partial charge in [-0.1, -0.05) is 0 Å². The van der Waals surface area contributed by atoms with Crippen LogP contribution in [0.5, 0.6) is 0 Å². The van der Waals surface area contributed by atoms with Crippen molar-refractivity contribution in [3.8, 4) is 0 Å². The molecule has 0 spiro atoms. The van der Waals surface area contributed by atoms with Crippen LogP contribution in [0.3, 0.4) is 0 Å². The Hall–Kier alpha value is -1.26. The lowest BCUT2D eigenvalue weighted by Gasteiger charge is -2.07. The van der Waals surface area contributed by atoms with Crippen LogP contribution in [0.15, 0.2) is 23.1 Å². The van der Waals surface area contributed by atoms with Crippen molar-refractivity contribution >= 4 is 0 Å². The lowest BCUT2D eigenvalue weighted by Crippen LogP contribution is -2.26. The molecule has 0 aliphatic rings. The Labute approximate surface area is 66.2 Å². The van der Waals surface area contributed by atoms with Crippen molar-refractivity contribution in [3.63, 3.8) is 0 Å². The summed E-state index contributed by atoms with van der Waals surface area (Å²) in [5, 5.41) is 0. The minimum Gasteiger partial charge on any atom is -0.306 e. The first-order chi connectivity index (χ1) is 5.49. The average molecular weight is 176 g/mol. The summed E-state index contributed by atoms with van der Waals surface area (Å²) in [5.41, 5.74) is -0.675. The molecule has 65 valence electrons. The van der Waals surface area contributed by atoms with E-state index in [9.17, 15) is 18.0 Å². The molecule has 1 heterocycles. The molecule has 0 aliphatic heterocycles. The van der Waals surface area contributed by atoms with Crippen LogP contribution < -0.4 is 5.56 Å². The van der Waals surface area contributed by atoms with Gasteiger partial charge in [0.15, 0.2) is 0 Å². The third-order valence-electron chi connectivity index (χ3n) is 1.19. The first kappa shape index (κ1) is 8.83. The Morgan fingerprint density at radius 1 is 1.50 bits per heavy atom. The van der Waals surface area contributed by atoms with Gasteiger partial charge in [-0.05, 0) is 12.1 Å². The maximum atomic E-state index is 11.7. The van der Waals surface area contributed by atoms with E-state index in [0.29, 0.717) is 4.57 Å². The molecular weight excluding hydrogens is 171 g/mol. The van der Waals surface area contributed by atoms with E-state index in [4.69, 9.17) is 0 Å². The van der Waals surface area contributed by atoms with E-state index in [1.807, 2.05) is 0 Å². The Balaban J connectivity index is 2.91. The molecule has 0 saturated carbocycles. The van der Waals surface area contributed by atoms with Crippen LogP contribution in [0, 0.1) is 6.07 Å². The van der Waals surface area contributed by atoms with Crippen LogP contribution in [0.1, 0.15) is 0 Å². The van der Waals surface area contributed by atoms with E-state index in [2.05, 4.69) is 6.07 Å². The van der Waals surface area contributed by atoms with E-state index in [-0.39, 0.29) is 0 Å². The average Bonchev–Trinajstić information content (AvgIpc) is 1.91. The zero-order chi connectivity index (χ0) is 9.19. The molecule has 0 aromatic carbocycles. The van der Waals surface area contributed by atoms with Gasteiger partial charge in [0, 0.05) is 12.3 Å². The molecule has 0 N–H and O–H groups in total. The first-order valence-electron chi connectivity index (χ1n) is 3.12. The molecule has 0 amide bonds. The minimum atomic E-state index is -4.36. The molecule has 1 rings (SSSR count). The molecule has 0 aliphatic carbocycles. The Morgan fingerprint density at radius 3 is 2.67 bits per heavy atom. The minimum absolute atomic E-state index is 0.556. The Kier molecular flexibility index (Phi) is 2.21. The molecule has 0 unspecified atom stereocenters. The lowest BCUT2D eigenvalue weighted by molar-refractivity contribution is -0.141. The van der Waals surface area contributed by atoms with Crippen molar-refractivity contribution in [2.75, 3.05) is 0 Å². The second-order valence-corrected chi connectivity index (χ2v) is 2.21. The van der Waals surface area contributed by atoms with Gasteiger partial charge in [0.1, 0.15) is 6.54 Å². The summed E-state index contributed by atoms with van der Waals surface area (Å²) in [6.45, 7) is -1.26. The zero-order valence-corrected chi connectivity index (χ0v) is 5.93. The van der Waals surface area contributed by atoms with Crippen LogP contribution >= 0.6 is 0 Å². The van der Waals surface area contributed by atoms with Crippen LogP contribution in [-0.2, 0) is 6.54 Å². The van der Waals surface area contributed by atoms with Gasteiger partial charge in [-0.25, -0.2) is 0 Å². The summed E-state index contributed by atoms with van der Waals surface area (Å²) in [4.78, 5) is 10.7. The molecule has 0 fully saturated rings. The van der Waals surface area contributed by atoms with E-state index in [0.717, 1.165) is 12.3 Å². The van der Waals surface area contributed by atoms with Gasteiger partial charge in [0.25, 0.3) is 5.56 Å².